The van der Waals surface area contributed by atoms with E-state index in [1.165, 1.54) is 28.8 Å². The van der Waals surface area contributed by atoms with Crippen molar-refractivity contribution in [2.75, 3.05) is 18.0 Å². The van der Waals surface area contributed by atoms with Crippen LogP contribution in [0.15, 0.2) is 42.5 Å². The molecule has 0 fully saturated rings. The van der Waals surface area contributed by atoms with Crippen molar-refractivity contribution in [2.24, 2.45) is 5.73 Å². The standard InChI is InChI=1S/C18H23FN2/c1-14-4-5-15(2)16(12-14)13-21(11-3-10-20)18-8-6-17(19)7-9-18/h4-9,12H,3,10-11,13,20H2,1-2H3. The van der Waals surface area contributed by atoms with Crippen molar-refractivity contribution in [3.05, 3.63) is 65.0 Å². The van der Waals surface area contributed by atoms with E-state index in [-0.39, 0.29) is 5.82 Å². The lowest BCUT2D eigenvalue weighted by atomic mass is 10.0. The molecule has 0 atom stereocenters. The first-order chi connectivity index (χ1) is 10.1. The predicted molar refractivity (Wildman–Crippen MR) is 87.0 cm³/mol. The second kappa shape index (κ2) is 7.23. The van der Waals surface area contributed by atoms with E-state index in [2.05, 4.69) is 36.9 Å². The van der Waals surface area contributed by atoms with E-state index in [1.807, 2.05) is 12.1 Å². The molecule has 0 aliphatic rings. The molecule has 0 spiro atoms. The highest BCUT2D eigenvalue weighted by Crippen LogP contribution is 2.20. The number of nitrogens with zero attached hydrogens (tertiary/aromatic N) is 1. The molecule has 0 heterocycles. The summed E-state index contributed by atoms with van der Waals surface area (Å²) in [5.74, 6) is -0.204. The number of hydrogen-bond donors (Lipinski definition) is 1. The molecule has 2 rings (SSSR count). The zero-order valence-corrected chi connectivity index (χ0v) is 12.8. The van der Waals surface area contributed by atoms with E-state index in [4.69, 9.17) is 5.73 Å². The average Bonchev–Trinajstić information content (AvgIpc) is 2.48. The SMILES string of the molecule is Cc1ccc(C)c(CN(CCCN)c2ccc(F)cc2)c1. The summed E-state index contributed by atoms with van der Waals surface area (Å²) < 4.78 is 13.1. The van der Waals surface area contributed by atoms with E-state index in [0.29, 0.717) is 6.54 Å². The smallest absolute Gasteiger partial charge is 0.123 e. The fourth-order valence-corrected chi connectivity index (χ4v) is 2.41. The molecule has 0 aliphatic carbocycles. The Bertz CT molecular complexity index is 578. The maximum atomic E-state index is 13.1. The van der Waals surface area contributed by atoms with Gasteiger partial charge in [0.25, 0.3) is 0 Å². The van der Waals surface area contributed by atoms with Crippen LogP contribution in [0, 0.1) is 19.7 Å². The lowest BCUT2D eigenvalue weighted by molar-refractivity contribution is 0.627. The van der Waals surface area contributed by atoms with Crippen molar-refractivity contribution < 1.29 is 4.39 Å². The van der Waals surface area contributed by atoms with E-state index in [9.17, 15) is 4.39 Å². The molecule has 0 aromatic heterocycles. The van der Waals surface area contributed by atoms with Crippen LogP contribution >= 0.6 is 0 Å². The number of aryl methyl sites for hydroxylation is 2. The highest BCUT2D eigenvalue weighted by molar-refractivity contribution is 5.47. The molecule has 0 saturated carbocycles. The fraction of sp³-hybridized carbons (Fsp3) is 0.333. The molecule has 2 aromatic carbocycles. The Morgan fingerprint density at radius 2 is 1.76 bits per heavy atom. The van der Waals surface area contributed by atoms with Gasteiger partial charge in [-0.3, -0.25) is 0 Å². The average molecular weight is 286 g/mol. The summed E-state index contributed by atoms with van der Waals surface area (Å²) in [6.45, 7) is 6.57. The van der Waals surface area contributed by atoms with Gasteiger partial charge in [-0.25, -0.2) is 4.39 Å². The molecule has 0 aliphatic heterocycles. The van der Waals surface area contributed by atoms with E-state index >= 15 is 0 Å². The summed E-state index contributed by atoms with van der Waals surface area (Å²) in [4.78, 5) is 2.26. The van der Waals surface area contributed by atoms with Crippen molar-refractivity contribution in [1.82, 2.24) is 0 Å². The molecule has 0 radical (unpaired) electrons. The Labute approximate surface area is 126 Å². The van der Waals surface area contributed by atoms with Crippen molar-refractivity contribution in [3.63, 3.8) is 0 Å². The zero-order valence-electron chi connectivity index (χ0n) is 12.8. The third-order valence-corrected chi connectivity index (χ3v) is 3.69. The molecule has 2 N–H and O–H groups in total. The lowest BCUT2D eigenvalue weighted by Crippen LogP contribution is -2.26. The minimum Gasteiger partial charge on any atom is -0.367 e. The molecule has 0 saturated heterocycles. The summed E-state index contributed by atoms with van der Waals surface area (Å²) in [5, 5.41) is 0. The van der Waals surface area contributed by atoms with Crippen LogP contribution in [0.25, 0.3) is 0 Å². The van der Waals surface area contributed by atoms with Gasteiger partial charge in [0.05, 0.1) is 0 Å². The number of halogens is 1. The number of hydrogen-bond acceptors (Lipinski definition) is 2. The first kappa shape index (κ1) is 15.5. The van der Waals surface area contributed by atoms with Gasteiger partial charge < -0.3 is 10.6 Å². The molecule has 0 unspecified atom stereocenters. The summed E-state index contributed by atoms with van der Waals surface area (Å²) in [6.07, 6.45) is 0.919. The molecule has 0 bridgehead atoms. The molecule has 3 heteroatoms. The molecule has 2 nitrogen and oxygen atoms in total. The van der Waals surface area contributed by atoms with Gasteiger partial charge in [0, 0.05) is 18.8 Å². The Balaban J connectivity index is 2.23. The third-order valence-electron chi connectivity index (χ3n) is 3.69. The Hall–Kier alpha value is -1.87. The number of anilines is 1. The van der Waals surface area contributed by atoms with Gasteiger partial charge in [-0.1, -0.05) is 23.8 Å². The molecular formula is C18H23FN2. The maximum Gasteiger partial charge on any atom is 0.123 e. The summed E-state index contributed by atoms with van der Waals surface area (Å²) in [7, 11) is 0. The highest BCUT2D eigenvalue weighted by Gasteiger charge is 2.09. The van der Waals surface area contributed by atoms with Crippen LogP contribution in [0.2, 0.25) is 0 Å². The minimum absolute atomic E-state index is 0.204. The minimum atomic E-state index is -0.204. The Kier molecular flexibility index (Phi) is 5.34. The van der Waals surface area contributed by atoms with Gasteiger partial charge in [-0.2, -0.15) is 0 Å². The van der Waals surface area contributed by atoms with Crippen LogP contribution < -0.4 is 10.6 Å². The second-order valence-corrected chi connectivity index (χ2v) is 5.47. The van der Waals surface area contributed by atoms with E-state index in [1.54, 1.807) is 0 Å². The van der Waals surface area contributed by atoms with Crippen molar-refractivity contribution in [3.8, 4) is 0 Å². The second-order valence-electron chi connectivity index (χ2n) is 5.47. The van der Waals surface area contributed by atoms with Gasteiger partial charge in [-0.05, 0) is 62.2 Å². The van der Waals surface area contributed by atoms with Crippen molar-refractivity contribution in [2.45, 2.75) is 26.8 Å². The third kappa shape index (κ3) is 4.30. The summed E-state index contributed by atoms with van der Waals surface area (Å²) >= 11 is 0. The Morgan fingerprint density at radius 1 is 1.05 bits per heavy atom. The van der Waals surface area contributed by atoms with E-state index < -0.39 is 0 Å². The quantitative estimate of drug-likeness (QED) is 0.875. The van der Waals surface area contributed by atoms with Crippen LogP contribution in [0.3, 0.4) is 0 Å². The molecule has 2 aromatic rings. The number of rotatable bonds is 6. The van der Waals surface area contributed by atoms with Crippen LogP contribution in [0.4, 0.5) is 10.1 Å². The first-order valence-corrected chi connectivity index (χ1v) is 7.37. The first-order valence-electron chi connectivity index (χ1n) is 7.37. The van der Waals surface area contributed by atoms with Crippen LogP contribution in [-0.4, -0.2) is 13.1 Å². The monoisotopic (exact) mass is 286 g/mol. The summed E-state index contributed by atoms with van der Waals surface area (Å²) in [6, 6.07) is 13.2. The van der Waals surface area contributed by atoms with Crippen LogP contribution in [0.1, 0.15) is 23.1 Å². The topological polar surface area (TPSA) is 29.3 Å². The van der Waals surface area contributed by atoms with Gasteiger partial charge in [0.1, 0.15) is 5.82 Å². The molecule has 112 valence electrons. The van der Waals surface area contributed by atoms with E-state index in [0.717, 1.165) is 25.2 Å². The largest absolute Gasteiger partial charge is 0.367 e. The van der Waals surface area contributed by atoms with Gasteiger partial charge >= 0.3 is 0 Å². The highest BCUT2D eigenvalue weighted by atomic mass is 19.1. The van der Waals surface area contributed by atoms with Gasteiger partial charge in [-0.15, -0.1) is 0 Å². The van der Waals surface area contributed by atoms with Crippen LogP contribution in [-0.2, 0) is 6.54 Å². The number of nitrogens with two attached hydrogens (primary N) is 1. The molecule has 0 amide bonds. The Morgan fingerprint density at radius 3 is 2.43 bits per heavy atom. The van der Waals surface area contributed by atoms with Gasteiger partial charge in [0.15, 0.2) is 0 Å². The van der Waals surface area contributed by atoms with Crippen molar-refractivity contribution in [1.29, 1.82) is 0 Å². The maximum absolute atomic E-state index is 13.1. The normalized spacial score (nSPS) is 10.7. The van der Waals surface area contributed by atoms with Crippen molar-refractivity contribution >= 4 is 5.69 Å². The predicted octanol–water partition coefficient (Wildman–Crippen LogP) is 3.80. The number of benzene rings is 2. The lowest BCUT2D eigenvalue weighted by Gasteiger charge is -2.26. The molecular weight excluding hydrogens is 263 g/mol. The fourth-order valence-electron chi connectivity index (χ4n) is 2.41. The van der Waals surface area contributed by atoms with Crippen LogP contribution in [0.5, 0.6) is 0 Å². The summed E-state index contributed by atoms with van der Waals surface area (Å²) in [5.41, 5.74) is 10.5. The van der Waals surface area contributed by atoms with Gasteiger partial charge in [0.2, 0.25) is 0 Å². The molecule has 21 heavy (non-hydrogen) atoms. The zero-order chi connectivity index (χ0) is 15.2.